The fourth-order valence-corrected chi connectivity index (χ4v) is 4.27. The first kappa shape index (κ1) is 19.2. The van der Waals surface area contributed by atoms with Gasteiger partial charge in [0.15, 0.2) is 0 Å². The monoisotopic (exact) mass is 390 g/mol. The van der Waals surface area contributed by atoms with Gasteiger partial charge in [0.2, 0.25) is 15.9 Å². The Morgan fingerprint density at radius 1 is 1.30 bits per heavy atom. The van der Waals surface area contributed by atoms with Crippen LogP contribution in [0.2, 0.25) is 0 Å². The lowest BCUT2D eigenvalue weighted by Gasteiger charge is -2.28. The smallest absolute Gasteiger partial charge is 0.266 e. The number of fused-ring (bicyclic) bond motifs is 1. The molecule has 144 valence electrons. The Labute approximate surface area is 157 Å². The van der Waals surface area contributed by atoms with Gasteiger partial charge in [0.05, 0.1) is 4.90 Å². The van der Waals surface area contributed by atoms with E-state index in [1.807, 2.05) is 0 Å². The van der Waals surface area contributed by atoms with E-state index in [1.165, 1.54) is 29.9 Å². The van der Waals surface area contributed by atoms with Gasteiger partial charge >= 0.3 is 0 Å². The molecule has 0 spiro atoms. The third-order valence-electron chi connectivity index (χ3n) is 4.48. The van der Waals surface area contributed by atoms with Crippen molar-refractivity contribution >= 4 is 21.6 Å². The molecule has 1 aliphatic rings. The highest BCUT2D eigenvalue weighted by atomic mass is 32.2. The first-order valence-corrected chi connectivity index (χ1v) is 10.3. The molecule has 0 saturated carbocycles. The Kier molecular flexibility index (Phi) is 5.71. The summed E-state index contributed by atoms with van der Waals surface area (Å²) < 4.78 is 28.9. The van der Waals surface area contributed by atoms with E-state index in [1.54, 1.807) is 23.1 Å². The number of hydrogen-bond donors (Lipinski definition) is 1. The zero-order valence-corrected chi connectivity index (χ0v) is 15.9. The highest BCUT2D eigenvalue weighted by molar-refractivity contribution is 7.89. The number of nitrogens with one attached hydrogen (secondary N) is 1. The van der Waals surface area contributed by atoms with Gasteiger partial charge in [0, 0.05) is 44.5 Å². The van der Waals surface area contributed by atoms with Crippen LogP contribution < -0.4 is 15.2 Å². The maximum atomic E-state index is 12.5. The number of anilines is 1. The first-order valence-electron chi connectivity index (χ1n) is 8.81. The van der Waals surface area contributed by atoms with Crippen molar-refractivity contribution in [1.29, 1.82) is 0 Å². The Balaban J connectivity index is 1.66. The van der Waals surface area contributed by atoms with Crippen LogP contribution in [-0.2, 0) is 27.8 Å². The van der Waals surface area contributed by atoms with E-state index in [9.17, 15) is 18.0 Å². The third-order valence-corrected chi connectivity index (χ3v) is 5.94. The number of aromatic nitrogens is 2. The lowest BCUT2D eigenvalue weighted by molar-refractivity contribution is -0.116. The summed E-state index contributed by atoms with van der Waals surface area (Å²) in [6, 6.07) is 7.82. The van der Waals surface area contributed by atoms with E-state index >= 15 is 0 Å². The maximum absolute atomic E-state index is 12.5. The molecule has 1 aromatic heterocycles. The summed E-state index contributed by atoms with van der Waals surface area (Å²) in [6.45, 7) is 2.69. The highest BCUT2D eigenvalue weighted by Crippen LogP contribution is 2.29. The van der Waals surface area contributed by atoms with Crippen LogP contribution in [0.15, 0.2) is 46.2 Å². The Morgan fingerprint density at radius 2 is 2.11 bits per heavy atom. The summed E-state index contributed by atoms with van der Waals surface area (Å²) in [5.41, 5.74) is 1.42. The Hall–Kier alpha value is -2.52. The first-order chi connectivity index (χ1) is 12.9. The molecule has 1 amide bonds. The van der Waals surface area contributed by atoms with Gasteiger partial charge in [-0.3, -0.25) is 9.59 Å². The normalized spacial score (nSPS) is 14.0. The molecule has 0 aliphatic carbocycles. The molecule has 8 nitrogen and oxygen atoms in total. The van der Waals surface area contributed by atoms with Crippen LogP contribution in [0, 0.1) is 0 Å². The molecule has 1 aliphatic heterocycles. The van der Waals surface area contributed by atoms with Gasteiger partial charge in [0.1, 0.15) is 0 Å². The molecule has 1 N–H and O–H groups in total. The quantitative estimate of drug-likeness (QED) is 0.739. The summed E-state index contributed by atoms with van der Waals surface area (Å²) in [4.78, 5) is 25.2. The molecule has 3 rings (SSSR count). The minimum Gasteiger partial charge on any atom is -0.312 e. The SMILES string of the molecule is CC(=O)N1CCCc2cc(S(=O)(=O)NCCCn3ncccc3=O)ccc21. The van der Waals surface area contributed by atoms with Crippen LogP contribution >= 0.6 is 0 Å². The zero-order chi connectivity index (χ0) is 19.4. The van der Waals surface area contributed by atoms with Crippen molar-refractivity contribution in [3.8, 4) is 0 Å². The summed E-state index contributed by atoms with van der Waals surface area (Å²) in [5.74, 6) is -0.0468. The van der Waals surface area contributed by atoms with Crippen molar-refractivity contribution in [3.63, 3.8) is 0 Å². The second kappa shape index (κ2) is 8.01. The van der Waals surface area contributed by atoms with Crippen LogP contribution in [0.5, 0.6) is 0 Å². The number of hydrogen-bond acceptors (Lipinski definition) is 5. The largest absolute Gasteiger partial charge is 0.312 e. The second-order valence-corrected chi connectivity index (χ2v) is 8.17. The number of carbonyl (C=O) groups excluding carboxylic acids is 1. The summed E-state index contributed by atoms with van der Waals surface area (Å²) in [5, 5.41) is 3.93. The van der Waals surface area contributed by atoms with Crippen molar-refractivity contribution in [2.45, 2.75) is 37.6 Å². The van der Waals surface area contributed by atoms with E-state index in [-0.39, 0.29) is 22.9 Å². The number of sulfonamides is 1. The van der Waals surface area contributed by atoms with Gasteiger partial charge in [-0.2, -0.15) is 5.10 Å². The molecular weight excluding hydrogens is 368 g/mol. The standard InChI is InChI=1S/C18H22N4O4S/c1-14(23)21-11-3-5-15-13-16(7-8-17(15)21)27(25,26)20-10-4-12-22-18(24)6-2-9-19-22/h2,6-9,13,20H,3-5,10-12H2,1H3. The van der Waals surface area contributed by atoms with Crippen LogP contribution in [-0.4, -0.2) is 37.2 Å². The van der Waals surface area contributed by atoms with E-state index in [2.05, 4.69) is 9.82 Å². The molecule has 27 heavy (non-hydrogen) atoms. The number of nitrogens with zero attached hydrogens (tertiary/aromatic N) is 3. The molecular formula is C18H22N4O4S. The number of aryl methyl sites for hydroxylation is 2. The third kappa shape index (κ3) is 4.42. The Bertz CT molecular complexity index is 1000. The Morgan fingerprint density at radius 3 is 2.85 bits per heavy atom. The van der Waals surface area contributed by atoms with Gasteiger partial charge in [-0.15, -0.1) is 0 Å². The summed E-state index contributed by atoms with van der Waals surface area (Å²) in [7, 11) is -3.66. The average Bonchev–Trinajstić information content (AvgIpc) is 2.65. The number of benzene rings is 1. The van der Waals surface area contributed by atoms with E-state index in [4.69, 9.17) is 0 Å². The maximum Gasteiger partial charge on any atom is 0.266 e. The van der Waals surface area contributed by atoms with Crippen molar-refractivity contribution in [1.82, 2.24) is 14.5 Å². The predicted octanol–water partition coefficient (Wildman–Crippen LogP) is 0.911. The molecule has 0 fully saturated rings. The van der Waals surface area contributed by atoms with Gasteiger partial charge in [-0.05, 0) is 49.1 Å². The fraction of sp³-hybridized carbons (Fsp3) is 0.389. The van der Waals surface area contributed by atoms with Crippen molar-refractivity contribution in [2.24, 2.45) is 0 Å². The zero-order valence-electron chi connectivity index (χ0n) is 15.1. The number of carbonyl (C=O) groups is 1. The van der Waals surface area contributed by atoms with Crippen LogP contribution in [0.1, 0.15) is 25.3 Å². The van der Waals surface area contributed by atoms with E-state index in [0.717, 1.165) is 24.1 Å². The lowest BCUT2D eigenvalue weighted by Crippen LogP contribution is -2.34. The van der Waals surface area contributed by atoms with Gasteiger partial charge < -0.3 is 4.90 Å². The minimum atomic E-state index is -3.66. The average molecular weight is 390 g/mol. The topological polar surface area (TPSA) is 101 Å². The molecule has 9 heteroatoms. The molecule has 2 heterocycles. The fourth-order valence-electron chi connectivity index (χ4n) is 3.14. The second-order valence-electron chi connectivity index (χ2n) is 6.40. The van der Waals surface area contributed by atoms with Crippen LogP contribution in [0.4, 0.5) is 5.69 Å². The van der Waals surface area contributed by atoms with Crippen molar-refractivity contribution < 1.29 is 13.2 Å². The van der Waals surface area contributed by atoms with Crippen LogP contribution in [0.3, 0.4) is 0 Å². The number of rotatable bonds is 6. The molecule has 1 aromatic carbocycles. The van der Waals surface area contributed by atoms with Crippen LogP contribution in [0.25, 0.3) is 0 Å². The van der Waals surface area contributed by atoms with Crippen molar-refractivity contribution in [2.75, 3.05) is 18.0 Å². The lowest BCUT2D eigenvalue weighted by atomic mass is 10.0. The highest BCUT2D eigenvalue weighted by Gasteiger charge is 2.22. The van der Waals surface area contributed by atoms with E-state index < -0.39 is 10.0 Å². The van der Waals surface area contributed by atoms with Gasteiger partial charge in [0.25, 0.3) is 5.56 Å². The minimum absolute atomic E-state index is 0.0468. The molecule has 0 unspecified atom stereocenters. The molecule has 0 saturated heterocycles. The van der Waals surface area contributed by atoms with Gasteiger partial charge in [-0.25, -0.2) is 17.8 Å². The van der Waals surface area contributed by atoms with E-state index in [0.29, 0.717) is 19.5 Å². The van der Waals surface area contributed by atoms with Gasteiger partial charge in [-0.1, -0.05) is 0 Å². The summed E-state index contributed by atoms with van der Waals surface area (Å²) in [6.07, 6.45) is 3.51. The van der Waals surface area contributed by atoms with Crippen molar-refractivity contribution in [3.05, 3.63) is 52.4 Å². The predicted molar refractivity (Wildman–Crippen MR) is 101 cm³/mol. The molecule has 0 bridgehead atoms. The molecule has 0 radical (unpaired) electrons. The summed E-state index contributed by atoms with van der Waals surface area (Å²) >= 11 is 0. The molecule has 2 aromatic rings. The number of amides is 1. The molecule has 0 atom stereocenters.